The minimum atomic E-state index is -4.42. The van der Waals surface area contributed by atoms with Crippen LogP contribution in [0, 0.1) is 0 Å². The van der Waals surface area contributed by atoms with E-state index in [0.717, 1.165) is 12.1 Å². The molecule has 0 aliphatic rings. The molecular formula is C16H9F3N2O3. The zero-order valence-corrected chi connectivity index (χ0v) is 11.9. The van der Waals surface area contributed by atoms with Gasteiger partial charge in [-0.2, -0.15) is 18.2 Å². The minimum Gasteiger partial charge on any atom is -0.478 e. The van der Waals surface area contributed by atoms with E-state index in [0.29, 0.717) is 11.1 Å². The maximum absolute atomic E-state index is 12.6. The lowest BCUT2D eigenvalue weighted by Gasteiger charge is -2.05. The summed E-state index contributed by atoms with van der Waals surface area (Å²) in [6, 6.07) is 10.2. The fourth-order valence-corrected chi connectivity index (χ4v) is 2.05. The molecule has 0 radical (unpaired) electrons. The summed E-state index contributed by atoms with van der Waals surface area (Å²) in [6.45, 7) is 0. The molecule has 0 aliphatic carbocycles. The molecule has 0 fully saturated rings. The fraction of sp³-hybridized carbons (Fsp3) is 0.0625. The number of aromatic carboxylic acids is 1. The molecule has 122 valence electrons. The van der Waals surface area contributed by atoms with Crippen LogP contribution in [0.25, 0.3) is 22.8 Å². The highest BCUT2D eigenvalue weighted by atomic mass is 19.4. The highest BCUT2D eigenvalue weighted by Crippen LogP contribution is 2.31. The van der Waals surface area contributed by atoms with Gasteiger partial charge in [0.2, 0.25) is 5.82 Å². The van der Waals surface area contributed by atoms with Crippen LogP contribution in [0.1, 0.15) is 15.9 Å². The predicted molar refractivity (Wildman–Crippen MR) is 77.1 cm³/mol. The standard InChI is InChI=1S/C16H9F3N2O3/c17-16(18,19)12-6-4-9(5-7-12)14-20-13(21-24-14)10-2-1-3-11(8-10)15(22)23/h1-8H,(H,22,23). The molecule has 0 aliphatic heterocycles. The Morgan fingerprint density at radius 2 is 1.75 bits per heavy atom. The molecule has 1 aromatic heterocycles. The molecule has 0 unspecified atom stereocenters. The minimum absolute atomic E-state index is 0.0412. The summed E-state index contributed by atoms with van der Waals surface area (Å²) >= 11 is 0. The Labute approximate surface area is 133 Å². The Bertz CT molecular complexity index is 886. The molecular weight excluding hydrogens is 325 g/mol. The Morgan fingerprint density at radius 1 is 1.04 bits per heavy atom. The van der Waals surface area contributed by atoms with Crippen molar-refractivity contribution in [2.75, 3.05) is 0 Å². The number of rotatable bonds is 3. The number of carbonyl (C=O) groups is 1. The van der Waals surface area contributed by atoms with Crippen molar-refractivity contribution in [3.8, 4) is 22.8 Å². The first-order valence-corrected chi connectivity index (χ1v) is 6.69. The zero-order valence-electron chi connectivity index (χ0n) is 11.9. The van der Waals surface area contributed by atoms with Gasteiger partial charge in [-0.15, -0.1) is 0 Å². The molecule has 24 heavy (non-hydrogen) atoms. The van der Waals surface area contributed by atoms with Gasteiger partial charge in [0, 0.05) is 11.1 Å². The number of alkyl halides is 3. The number of carboxylic acid groups (broad SMARTS) is 1. The van der Waals surface area contributed by atoms with Crippen molar-refractivity contribution in [2.45, 2.75) is 6.18 Å². The van der Waals surface area contributed by atoms with Crippen LogP contribution in [-0.4, -0.2) is 21.2 Å². The molecule has 3 rings (SSSR count). The summed E-state index contributed by atoms with van der Waals surface area (Å²) in [5.74, 6) is -0.907. The number of hydrogen-bond donors (Lipinski definition) is 1. The quantitative estimate of drug-likeness (QED) is 0.780. The lowest BCUT2D eigenvalue weighted by molar-refractivity contribution is -0.137. The maximum atomic E-state index is 12.6. The Kier molecular flexibility index (Phi) is 3.80. The molecule has 1 N–H and O–H groups in total. The highest BCUT2D eigenvalue weighted by Gasteiger charge is 2.30. The summed E-state index contributed by atoms with van der Waals surface area (Å²) in [4.78, 5) is 15.1. The average Bonchev–Trinajstić information content (AvgIpc) is 3.04. The molecule has 3 aromatic rings. The average molecular weight is 334 g/mol. The molecule has 5 nitrogen and oxygen atoms in total. The van der Waals surface area contributed by atoms with E-state index >= 15 is 0 Å². The Hall–Kier alpha value is -3.16. The number of halogens is 3. The third kappa shape index (κ3) is 3.12. The molecule has 0 atom stereocenters. The second kappa shape index (κ2) is 5.80. The SMILES string of the molecule is O=C(O)c1cccc(-c2noc(-c3ccc(C(F)(F)F)cc3)n2)c1. The van der Waals surface area contributed by atoms with Crippen LogP contribution >= 0.6 is 0 Å². The first-order valence-electron chi connectivity index (χ1n) is 6.69. The van der Waals surface area contributed by atoms with Crippen molar-refractivity contribution in [3.05, 3.63) is 59.7 Å². The van der Waals surface area contributed by atoms with Gasteiger partial charge in [-0.05, 0) is 36.4 Å². The van der Waals surface area contributed by atoms with Crippen molar-refractivity contribution in [1.29, 1.82) is 0 Å². The maximum Gasteiger partial charge on any atom is 0.416 e. The van der Waals surface area contributed by atoms with Crippen LogP contribution < -0.4 is 0 Å². The fourth-order valence-electron chi connectivity index (χ4n) is 2.05. The van der Waals surface area contributed by atoms with Crippen molar-refractivity contribution in [2.24, 2.45) is 0 Å². The van der Waals surface area contributed by atoms with E-state index in [1.54, 1.807) is 6.07 Å². The van der Waals surface area contributed by atoms with Crippen molar-refractivity contribution in [1.82, 2.24) is 10.1 Å². The molecule has 0 saturated carbocycles. The largest absolute Gasteiger partial charge is 0.478 e. The predicted octanol–water partition coefficient (Wildman–Crippen LogP) is 4.12. The van der Waals surface area contributed by atoms with Gasteiger partial charge in [-0.25, -0.2) is 4.79 Å². The lowest BCUT2D eigenvalue weighted by atomic mass is 10.1. The summed E-state index contributed by atoms with van der Waals surface area (Å²) in [5, 5.41) is 12.7. The second-order valence-corrected chi connectivity index (χ2v) is 4.88. The third-order valence-corrected chi connectivity index (χ3v) is 3.25. The third-order valence-electron chi connectivity index (χ3n) is 3.25. The first kappa shape index (κ1) is 15.7. The van der Waals surface area contributed by atoms with Crippen LogP contribution in [0.4, 0.5) is 13.2 Å². The molecule has 0 amide bonds. The number of carboxylic acids is 1. The Morgan fingerprint density at radius 3 is 2.38 bits per heavy atom. The van der Waals surface area contributed by atoms with Crippen LogP contribution in [0.3, 0.4) is 0 Å². The highest BCUT2D eigenvalue weighted by molar-refractivity contribution is 5.89. The zero-order chi connectivity index (χ0) is 17.3. The Balaban J connectivity index is 1.91. The van der Waals surface area contributed by atoms with E-state index in [1.165, 1.54) is 30.3 Å². The monoisotopic (exact) mass is 334 g/mol. The smallest absolute Gasteiger partial charge is 0.416 e. The summed E-state index contributed by atoms with van der Waals surface area (Å²) in [6.07, 6.45) is -4.42. The van der Waals surface area contributed by atoms with E-state index < -0.39 is 17.7 Å². The van der Waals surface area contributed by atoms with Crippen LogP contribution in [0.5, 0.6) is 0 Å². The molecule has 0 bridgehead atoms. The first-order chi connectivity index (χ1) is 11.3. The normalized spacial score (nSPS) is 11.5. The molecule has 8 heteroatoms. The van der Waals surface area contributed by atoms with Gasteiger partial charge in [0.1, 0.15) is 0 Å². The summed E-state index contributed by atoms with van der Waals surface area (Å²) < 4.78 is 42.7. The number of aromatic nitrogens is 2. The topological polar surface area (TPSA) is 76.2 Å². The molecule has 0 saturated heterocycles. The van der Waals surface area contributed by atoms with E-state index in [2.05, 4.69) is 10.1 Å². The van der Waals surface area contributed by atoms with Gasteiger partial charge in [-0.1, -0.05) is 17.3 Å². The van der Waals surface area contributed by atoms with Crippen LogP contribution in [0.2, 0.25) is 0 Å². The van der Waals surface area contributed by atoms with Crippen molar-refractivity contribution < 1.29 is 27.6 Å². The van der Waals surface area contributed by atoms with E-state index in [-0.39, 0.29) is 17.3 Å². The van der Waals surface area contributed by atoms with Crippen molar-refractivity contribution >= 4 is 5.97 Å². The number of nitrogens with zero attached hydrogens (tertiary/aromatic N) is 2. The van der Waals surface area contributed by atoms with Crippen molar-refractivity contribution in [3.63, 3.8) is 0 Å². The van der Waals surface area contributed by atoms with E-state index in [1.807, 2.05) is 0 Å². The van der Waals surface area contributed by atoms with Gasteiger partial charge >= 0.3 is 12.1 Å². The van der Waals surface area contributed by atoms with Gasteiger partial charge in [0.15, 0.2) is 0 Å². The van der Waals surface area contributed by atoms with E-state index in [9.17, 15) is 18.0 Å². The second-order valence-electron chi connectivity index (χ2n) is 4.88. The van der Waals surface area contributed by atoms with E-state index in [4.69, 9.17) is 9.63 Å². The van der Waals surface area contributed by atoms with Gasteiger partial charge in [-0.3, -0.25) is 0 Å². The number of hydrogen-bond acceptors (Lipinski definition) is 4. The van der Waals surface area contributed by atoms with Crippen LogP contribution in [-0.2, 0) is 6.18 Å². The van der Waals surface area contributed by atoms with Gasteiger partial charge < -0.3 is 9.63 Å². The molecule has 1 heterocycles. The van der Waals surface area contributed by atoms with Gasteiger partial charge in [0.25, 0.3) is 5.89 Å². The molecule has 2 aromatic carbocycles. The van der Waals surface area contributed by atoms with Crippen LogP contribution in [0.15, 0.2) is 53.1 Å². The molecule has 0 spiro atoms. The number of benzene rings is 2. The lowest BCUT2D eigenvalue weighted by Crippen LogP contribution is -2.03. The summed E-state index contributed by atoms with van der Waals surface area (Å²) in [7, 11) is 0. The van der Waals surface area contributed by atoms with Gasteiger partial charge in [0.05, 0.1) is 11.1 Å². The summed E-state index contributed by atoms with van der Waals surface area (Å²) in [5.41, 5.74) is 0.0430.